The molecule has 0 saturated heterocycles. The Labute approximate surface area is 91.3 Å². The molecule has 4 heteroatoms. The van der Waals surface area contributed by atoms with Gasteiger partial charge < -0.3 is 5.11 Å². The van der Waals surface area contributed by atoms with Crippen LogP contribution in [0.25, 0.3) is 0 Å². The van der Waals surface area contributed by atoms with Crippen molar-refractivity contribution in [1.29, 1.82) is 0 Å². The van der Waals surface area contributed by atoms with Crippen molar-refractivity contribution in [2.24, 2.45) is 5.41 Å². The normalized spacial score (nSPS) is 14.2. The van der Waals surface area contributed by atoms with E-state index in [2.05, 4.69) is 10.1 Å². The fourth-order valence-corrected chi connectivity index (χ4v) is 1.44. The van der Waals surface area contributed by atoms with Crippen molar-refractivity contribution in [2.75, 3.05) is 0 Å². The highest BCUT2D eigenvalue weighted by atomic mass is 16.3. The first kappa shape index (κ1) is 12.2. The zero-order valence-corrected chi connectivity index (χ0v) is 10.1. The Kier molecular flexibility index (Phi) is 3.85. The topological polar surface area (TPSA) is 50.9 Å². The van der Waals surface area contributed by atoms with E-state index < -0.39 is 0 Å². The Morgan fingerprint density at radius 1 is 1.47 bits per heavy atom. The molecule has 0 bridgehead atoms. The highest BCUT2D eigenvalue weighted by Crippen LogP contribution is 2.22. The number of aliphatic hydroxyl groups is 1. The van der Waals surface area contributed by atoms with Gasteiger partial charge in [-0.25, -0.2) is 4.98 Å². The van der Waals surface area contributed by atoms with Crippen molar-refractivity contribution in [2.45, 2.75) is 53.2 Å². The molecule has 0 aromatic carbocycles. The molecule has 0 aliphatic heterocycles. The predicted molar refractivity (Wildman–Crippen MR) is 59.5 cm³/mol. The molecule has 1 aromatic heterocycles. The maximum atomic E-state index is 9.89. The molecule has 1 rings (SSSR count). The van der Waals surface area contributed by atoms with E-state index in [-0.39, 0.29) is 11.5 Å². The first-order chi connectivity index (χ1) is 6.95. The number of hydrogen-bond donors (Lipinski definition) is 1. The van der Waals surface area contributed by atoms with Gasteiger partial charge in [0, 0.05) is 13.0 Å². The average Bonchev–Trinajstić information content (AvgIpc) is 2.59. The van der Waals surface area contributed by atoms with Crippen LogP contribution in [0.5, 0.6) is 0 Å². The van der Waals surface area contributed by atoms with E-state index in [1.807, 2.05) is 32.4 Å². The van der Waals surface area contributed by atoms with Gasteiger partial charge in [0.2, 0.25) is 0 Å². The monoisotopic (exact) mass is 211 g/mol. The predicted octanol–water partition coefficient (Wildman–Crippen LogP) is 1.64. The van der Waals surface area contributed by atoms with Gasteiger partial charge in [0.15, 0.2) is 0 Å². The van der Waals surface area contributed by atoms with Crippen LogP contribution in [0.1, 0.15) is 39.9 Å². The number of hydrogen-bond acceptors (Lipinski definition) is 3. The molecule has 1 atom stereocenters. The largest absolute Gasteiger partial charge is 0.393 e. The second-order valence-corrected chi connectivity index (χ2v) is 4.91. The molecule has 0 aliphatic rings. The molecular weight excluding hydrogens is 190 g/mol. The summed E-state index contributed by atoms with van der Waals surface area (Å²) in [5.74, 6) is 0.959. The van der Waals surface area contributed by atoms with E-state index in [0.29, 0.717) is 0 Å². The molecule has 0 radical (unpaired) electrons. The van der Waals surface area contributed by atoms with Crippen LogP contribution in [0.2, 0.25) is 0 Å². The van der Waals surface area contributed by atoms with Crippen LogP contribution in [0, 0.1) is 5.41 Å². The maximum absolute atomic E-state index is 9.89. The molecule has 0 spiro atoms. The van der Waals surface area contributed by atoms with Crippen LogP contribution >= 0.6 is 0 Å². The standard InChI is InChI=1S/C11H21N3O/c1-5-14-10(12-8-13-14)7-6-9(15)11(2,3)4/h8-9,15H,5-7H2,1-4H3. The quantitative estimate of drug-likeness (QED) is 0.823. The number of aromatic nitrogens is 3. The molecule has 86 valence electrons. The lowest BCUT2D eigenvalue weighted by Crippen LogP contribution is -2.26. The fraction of sp³-hybridized carbons (Fsp3) is 0.818. The van der Waals surface area contributed by atoms with Gasteiger partial charge in [-0.15, -0.1) is 0 Å². The van der Waals surface area contributed by atoms with Gasteiger partial charge in [0.05, 0.1) is 6.10 Å². The van der Waals surface area contributed by atoms with E-state index in [1.54, 1.807) is 6.33 Å². The van der Waals surface area contributed by atoms with Gasteiger partial charge in [0.25, 0.3) is 0 Å². The summed E-state index contributed by atoms with van der Waals surface area (Å²) in [4.78, 5) is 4.18. The van der Waals surface area contributed by atoms with Gasteiger partial charge in [-0.1, -0.05) is 20.8 Å². The molecule has 1 heterocycles. The zero-order chi connectivity index (χ0) is 11.5. The molecule has 1 N–H and O–H groups in total. The second-order valence-electron chi connectivity index (χ2n) is 4.91. The third-order valence-electron chi connectivity index (χ3n) is 2.64. The van der Waals surface area contributed by atoms with Crippen molar-refractivity contribution in [3.05, 3.63) is 12.2 Å². The molecule has 1 unspecified atom stereocenters. The molecule has 0 aliphatic carbocycles. The zero-order valence-electron chi connectivity index (χ0n) is 10.1. The maximum Gasteiger partial charge on any atom is 0.138 e. The number of aryl methyl sites for hydroxylation is 2. The SMILES string of the molecule is CCn1ncnc1CCC(O)C(C)(C)C. The van der Waals surface area contributed by atoms with Crippen LogP contribution < -0.4 is 0 Å². The Morgan fingerprint density at radius 2 is 2.13 bits per heavy atom. The summed E-state index contributed by atoms with van der Waals surface area (Å²) < 4.78 is 1.87. The van der Waals surface area contributed by atoms with Gasteiger partial charge in [-0.05, 0) is 18.8 Å². The second kappa shape index (κ2) is 4.75. The molecular formula is C11H21N3O. The summed E-state index contributed by atoms with van der Waals surface area (Å²) in [5, 5.41) is 14.0. The number of rotatable bonds is 4. The van der Waals surface area contributed by atoms with Crippen LogP contribution in [0.15, 0.2) is 6.33 Å². The first-order valence-electron chi connectivity index (χ1n) is 5.50. The average molecular weight is 211 g/mol. The summed E-state index contributed by atoms with van der Waals surface area (Å²) >= 11 is 0. The molecule has 0 saturated carbocycles. The molecule has 0 amide bonds. The minimum atomic E-state index is -0.292. The van der Waals surface area contributed by atoms with E-state index in [9.17, 15) is 5.11 Å². The van der Waals surface area contributed by atoms with Gasteiger partial charge in [-0.2, -0.15) is 5.10 Å². The Morgan fingerprint density at radius 3 is 2.67 bits per heavy atom. The lowest BCUT2D eigenvalue weighted by Gasteiger charge is -2.25. The highest BCUT2D eigenvalue weighted by Gasteiger charge is 2.22. The van der Waals surface area contributed by atoms with Gasteiger partial charge in [-0.3, -0.25) is 4.68 Å². The van der Waals surface area contributed by atoms with Crippen molar-refractivity contribution < 1.29 is 5.11 Å². The van der Waals surface area contributed by atoms with Crippen molar-refractivity contribution in [1.82, 2.24) is 14.8 Å². The van der Waals surface area contributed by atoms with Crippen molar-refractivity contribution >= 4 is 0 Å². The third-order valence-corrected chi connectivity index (χ3v) is 2.64. The van der Waals surface area contributed by atoms with Crippen LogP contribution in [-0.4, -0.2) is 26.0 Å². The lowest BCUT2D eigenvalue weighted by molar-refractivity contribution is 0.0553. The Hall–Kier alpha value is -0.900. The minimum Gasteiger partial charge on any atom is -0.393 e. The van der Waals surface area contributed by atoms with Crippen LogP contribution in [-0.2, 0) is 13.0 Å². The lowest BCUT2D eigenvalue weighted by atomic mass is 9.86. The summed E-state index contributed by atoms with van der Waals surface area (Å²) in [5.41, 5.74) is -0.0585. The molecule has 0 fully saturated rings. The fourth-order valence-electron chi connectivity index (χ4n) is 1.44. The summed E-state index contributed by atoms with van der Waals surface area (Å²) in [6.07, 6.45) is 2.80. The molecule has 1 aromatic rings. The van der Waals surface area contributed by atoms with E-state index >= 15 is 0 Å². The Balaban J connectivity index is 2.50. The van der Waals surface area contributed by atoms with Crippen LogP contribution in [0.3, 0.4) is 0 Å². The van der Waals surface area contributed by atoms with E-state index in [1.165, 1.54) is 0 Å². The van der Waals surface area contributed by atoms with Gasteiger partial charge >= 0.3 is 0 Å². The number of nitrogens with zero attached hydrogens (tertiary/aromatic N) is 3. The van der Waals surface area contributed by atoms with E-state index in [0.717, 1.165) is 25.2 Å². The van der Waals surface area contributed by atoms with Crippen molar-refractivity contribution in [3.8, 4) is 0 Å². The van der Waals surface area contributed by atoms with Crippen molar-refractivity contribution in [3.63, 3.8) is 0 Å². The third kappa shape index (κ3) is 3.30. The molecule has 15 heavy (non-hydrogen) atoms. The highest BCUT2D eigenvalue weighted by molar-refractivity contribution is 4.86. The minimum absolute atomic E-state index is 0.0585. The van der Waals surface area contributed by atoms with E-state index in [4.69, 9.17) is 0 Å². The summed E-state index contributed by atoms with van der Waals surface area (Å²) in [6, 6.07) is 0. The van der Waals surface area contributed by atoms with Gasteiger partial charge in [0.1, 0.15) is 12.2 Å². The Bertz CT molecular complexity index is 301. The smallest absolute Gasteiger partial charge is 0.138 e. The number of aliphatic hydroxyl groups excluding tert-OH is 1. The summed E-state index contributed by atoms with van der Waals surface area (Å²) in [6.45, 7) is 9.01. The summed E-state index contributed by atoms with van der Waals surface area (Å²) in [7, 11) is 0. The molecule has 4 nitrogen and oxygen atoms in total. The first-order valence-corrected chi connectivity index (χ1v) is 5.50. The van der Waals surface area contributed by atoms with Crippen LogP contribution in [0.4, 0.5) is 0 Å².